The van der Waals surface area contributed by atoms with E-state index >= 15 is 0 Å². The van der Waals surface area contributed by atoms with Crippen molar-refractivity contribution in [1.82, 2.24) is 15.3 Å². The molecule has 0 saturated heterocycles. The van der Waals surface area contributed by atoms with E-state index in [9.17, 15) is 0 Å². The second-order valence-corrected chi connectivity index (χ2v) is 4.76. The van der Waals surface area contributed by atoms with Crippen molar-refractivity contribution in [2.24, 2.45) is 0 Å². The molecule has 0 aliphatic carbocycles. The zero-order valence-corrected chi connectivity index (χ0v) is 11.5. The fourth-order valence-corrected chi connectivity index (χ4v) is 1.91. The first-order valence-corrected chi connectivity index (χ1v) is 6.34. The van der Waals surface area contributed by atoms with Gasteiger partial charge in [-0.15, -0.1) is 0 Å². The largest absolute Gasteiger partial charge is 0.307 e. The fraction of sp³-hybridized carbons (Fsp3) is 0.231. The summed E-state index contributed by atoms with van der Waals surface area (Å²) in [4.78, 5) is 8.37. The molecule has 0 amide bonds. The van der Waals surface area contributed by atoms with Gasteiger partial charge in [0, 0.05) is 19.3 Å². The molecule has 1 aromatic heterocycles. The Balaban J connectivity index is 1.90. The molecular formula is C13H13Cl2N3. The van der Waals surface area contributed by atoms with Gasteiger partial charge in [-0.2, -0.15) is 0 Å². The highest BCUT2D eigenvalue weighted by Crippen LogP contribution is 2.22. The van der Waals surface area contributed by atoms with Gasteiger partial charge >= 0.3 is 0 Å². The number of halogens is 2. The first-order chi connectivity index (χ1) is 8.65. The summed E-state index contributed by atoms with van der Waals surface area (Å²) < 4.78 is 0. The lowest BCUT2D eigenvalue weighted by Crippen LogP contribution is -2.14. The Kier molecular flexibility index (Phi) is 4.53. The Bertz CT molecular complexity index is 544. The molecule has 1 heterocycles. The molecule has 0 unspecified atom stereocenters. The Morgan fingerprint density at radius 3 is 2.67 bits per heavy atom. The number of hydrogen-bond donors (Lipinski definition) is 1. The van der Waals surface area contributed by atoms with Crippen LogP contribution in [-0.4, -0.2) is 9.97 Å². The first-order valence-electron chi connectivity index (χ1n) is 5.58. The molecule has 3 nitrogen and oxygen atoms in total. The maximum absolute atomic E-state index is 5.95. The monoisotopic (exact) mass is 281 g/mol. The van der Waals surface area contributed by atoms with E-state index in [4.69, 9.17) is 23.2 Å². The third kappa shape index (κ3) is 3.67. The lowest BCUT2D eigenvalue weighted by molar-refractivity contribution is 0.675. The van der Waals surface area contributed by atoms with Gasteiger partial charge in [-0.3, -0.25) is 0 Å². The predicted molar refractivity (Wildman–Crippen MR) is 73.8 cm³/mol. The normalized spacial score (nSPS) is 10.6. The molecule has 1 aromatic carbocycles. The van der Waals surface area contributed by atoms with Crippen molar-refractivity contribution in [2.45, 2.75) is 20.0 Å². The molecule has 94 valence electrons. The lowest BCUT2D eigenvalue weighted by atomic mass is 10.2. The smallest absolute Gasteiger partial charge is 0.125 e. The second-order valence-electron chi connectivity index (χ2n) is 3.95. The number of nitrogens with zero attached hydrogens (tertiary/aromatic N) is 2. The lowest BCUT2D eigenvalue weighted by Gasteiger charge is -2.06. The number of benzene rings is 1. The Morgan fingerprint density at radius 1 is 1.11 bits per heavy atom. The van der Waals surface area contributed by atoms with Gasteiger partial charge < -0.3 is 5.32 Å². The van der Waals surface area contributed by atoms with Gasteiger partial charge in [0.25, 0.3) is 0 Å². The maximum Gasteiger partial charge on any atom is 0.125 e. The van der Waals surface area contributed by atoms with E-state index < -0.39 is 0 Å². The van der Waals surface area contributed by atoms with Crippen molar-refractivity contribution < 1.29 is 0 Å². The zero-order chi connectivity index (χ0) is 13.0. The van der Waals surface area contributed by atoms with Crippen LogP contribution in [0.1, 0.15) is 17.1 Å². The van der Waals surface area contributed by atoms with Crippen molar-refractivity contribution in [3.63, 3.8) is 0 Å². The summed E-state index contributed by atoms with van der Waals surface area (Å²) in [6.07, 6.45) is 1.76. The van der Waals surface area contributed by atoms with Crippen molar-refractivity contribution >= 4 is 23.2 Å². The van der Waals surface area contributed by atoms with Crippen molar-refractivity contribution in [2.75, 3.05) is 0 Å². The highest BCUT2D eigenvalue weighted by atomic mass is 35.5. The summed E-state index contributed by atoms with van der Waals surface area (Å²) in [7, 11) is 0. The molecule has 0 fully saturated rings. The molecule has 5 heteroatoms. The summed E-state index contributed by atoms with van der Waals surface area (Å²) in [5, 5.41) is 4.45. The molecular weight excluding hydrogens is 269 g/mol. The molecule has 0 spiro atoms. The maximum atomic E-state index is 5.95. The molecule has 0 radical (unpaired) electrons. The molecule has 2 rings (SSSR count). The average Bonchev–Trinajstić information content (AvgIpc) is 2.34. The van der Waals surface area contributed by atoms with E-state index in [-0.39, 0.29) is 0 Å². The second kappa shape index (κ2) is 6.14. The third-order valence-corrected chi connectivity index (χ3v) is 3.19. The van der Waals surface area contributed by atoms with Gasteiger partial charge in [-0.05, 0) is 30.7 Å². The Hall–Kier alpha value is -1.16. The van der Waals surface area contributed by atoms with Crippen LogP contribution in [0.15, 0.2) is 30.5 Å². The third-order valence-electron chi connectivity index (χ3n) is 2.45. The summed E-state index contributed by atoms with van der Waals surface area (Å²) in [5.41, 5.74) is 2.07. The summed E-state index contributed by atoms with van der Waals surface area (Å²) in [6.45, 7) is 3.30. The first kappa shape index (κ1) is 13.3. The van der Waals surface area contributed by atoms with E-state index in [1.54, 1.807) is 12.3 Å². The average molecular weight is 282 g/mol. The molecule has 0 aliphatic heterocycles. The molecule has 0 aliphatic rings. The van der Waals surface area contributed by atoms with Crippen LogP contribution >= 0.6 is 23.2 Å². The number of aryl methyl sites for hydroxylation is 1. The summed E-state index contributed by atoms with van der Waals surface area (Å²) in [6, 6.07) is 7.51. The number of aromatic nitrogens is 2. The topological polar surface area (TPSA) is 37.8 Å². The van der Waals surface area contributed by atoms with Crippen molar-refractivity contribution in [3.8, 4) is 0 Å². The van der Waals surface area contributed by atoms with E-state index in [1.807, 2.05) is 25.1 Å². The summed E-state index contributed by atoms with van der Waals surface area (Å²) in [5.74, 6) is 0.781. The minimum Gasteiger partial charge on any atom is -0.307 e. The van der Waals surface area contributed by atoms with Gasteiger partial charge in [0.1, 0.15) is 5.82 Å². The van der Waals surface area contributed by atoms with Gasteiger partial charge in [0.15, 0.2) is 0 Å². The predicted octanol–water partition coefficient (Wildman–Crippen LogP) is 3.38. The minimum atomic E-state index is 0.576. The van der Waals surface area contributed by atoms with Crippen LogP contribution in [0.25, 0.3) is 0 Å². The van der Waals surface area contributed by atoms with E-state index in [2.05, 4.69) is 15.3 Å². The zero-order valence-electron chi connectivity index (χ0n) is 9.95. The highest BCUT2D eigenvalue weighted by Gasteiger charge is 2.00. The molecule has 2 aromatic rings. The molecule has 0 saturated carbocycles. The standard InChI is InChI=1S/C13H13Cl2N3/c1-9-17-5-4-11(18-9)8-16-7-10-2-3-12(14)13(15)6-10/h2-6,16H,7-8H2,1H3. The van der Waals surface area contributed by atoms with E-state index in [1.165, 1.54) is 0 Å². The molecule has 0 atom stereocenters. The van der Waals surface area contributed by atoms with Crippen LogP contribution in [0.2, 0.25) is 10.0 Å². The molecule has 18 heavy (non-hydrogen) atoms. The van der Waals surface area contributed by atoms with Crippen LogP contribution in [0, 0.1) is 6.92 Å². The number of nitrogens with one attached hydrogen (secondary N) is 1. The van der Waals surface area contributed by atoms with Gasteiger partial charge in [-0.25, -0.2) is 9.97 Å². The van der Waals surface area contributed by atoms with Crippen LogP contribution in [0.3, 0.4) is 0 Å². The summed E-state index contributed by atoms with van der Waals surface area (Å²) >= 11 is 11.8. The number of rotatable bonds is 4. The quantitative estimate of drug-likeness (QED) is 0.934. The SMILES string of the molecule is Cc1nccc(CNCc2ccc(Cl)c(Cl)c2)n1. The van der Waals surface area contributed by atoms with Crippen LogP contribution in [-0.2, 0) is 13.1 Å². The van der Waals surface area contributed by atoms with E-state index in [0.29, 0.717) is 16.6 Å². The van der Waals surface area contributed by atoms with Gasteiger partial charge in [0.2, 0.25) is 0 Å². The molecule has 0 bridgehead atoms. The Labute approximate surface area is 116 Å². The van der Waals surface area contributed by atoms with Crippen molar-refractivity contribution in [3.05, 3.63) is 57.6 Å². The van der Waals surface area contributed by atoms with Gasteiger partial charge in [0.05, 0.1) is 15.7 Å². The fourth-order valence-electron chi connectivity index (χ4n) is 1.59. The highest BCUT2D eigenvalue weighted by molar-refractivity contribution is 6.42. The Morgan fingerprint density at radius 2 is 1.94 bits per heavy atom. The van der Waals surface area contributed by atoms with Crippen LogP contribution in [0.5, 0.6) is 0 Å². The van der Waals surface area contributed by atoms with Gasteiger partial charge in [-0.1, -0.05) is 29.3 Å². The number of hydrogen-bond acceptors (Lipinski definition) is 3. The minimum absolute atomic E-state index is 0.576. The van der Waals surface area contributed by atoms with Crippen LogP contribution < -0.4 is 5.32 Å². The molecule has 1 N–H and O–H groups in total. The van der Waals surface area contributed by atoms with E-state index in [0.717, 1.165) is 23.6 Å². The van der Waals surface area contributed by atoms with Crippen LogP contribution in [0.4, 0.5) is 0 Å². The van der Waals surface area contributed by atoms with Crippen molar-refractivity contribution in [1.29, 1.82) is 0 Å².